The molecule has 0 aliphatic carbocycles. The molecule has 0 bridgehead atoms. The van der Waals surface area contributed by atoms with Crippen molar-refractivity contribution in [1.82, 2.24) is 5.32 Å². The van der Waals surface area contributed by atoms with Gasteiger partial charge in [-0.15, -0.1) is 0 Å². The van der Waals surface area contributed by atoms with Crippen LogP contribution in [0.5, 0.6) is 0 Å². The molecule has 19 heavy (non-hydrogen) atoms. The minimum Gasteiger partial charge on any atom is -0.481 e. The van der Waals surface area contributed by atoms with Gasteiger partial charge >= 0.3 is 5.97 Å². The van der Waals surface area contributed by atoms with Crippen molar-refractivity contribution < 1.29 is 14.3 Å². The first kappa shape index (κ1) is 15.6. The highest BCUT2D eigenvalue weighted by Gasteiger charge is 2.26. The number of hydrogen-bond acceptors (Lipinski definition) is 2. The number of carboxylic acid groups (broad SMARTS) is 1. The fourth-order valence-corrected chi connectivity index (χ4v) is 1.74. The summed E-state index contributed by atoms with van der Waals surface area (Å²) in [5.74, 6) is -0.735. The second kappa shape index (κ2) is 6.66. The largest absolute Gasteiger partial charge is 0.481 e. The van der Waals surface area contributed by atoms with Gasteiger partial charge < -0.3 is 10.4 Å². The molecule has 0 aliphatic rings. The normalized spacial score (nSPS) is 13.3. The van der Waals surface area contributed by atoms with E-state index in [1.165, 1.54) is 12.1 Å². The first-order valence-electron chi connectivity index (χ1n) is 6.52. The third kappa shape index (κ3) is 4.99. The van der Waals surface area contributed by atoms with Crippen molar-refractivity contribution in [3.05, 3.63) is 35.6 Å². The predicted octanol–water partition coefficient (Wildman–Crippen LogP) is 3.02. The van der Waals surface area contributed by atoms with E-state index in [4.69, 9.17) is 5.11 Å². The molecule has 0 fully saturated rings. The predicted molar refractivity (Wildman–Crippen MR) is 73.7 cm³/mol. The molecule has 4 heteroatoms. The van der Waals surface area contributed by atoms with Gasteiger partial charge in [-0.2, -0.15) is 0 Å². The summed E-state index contributed by atoms with van der Waals surface area (Å²) in [5.41, 5.74) is 0.373. The lowest BCUT2D eigenvalue weighted by Gasteiger charge is -2.20. The smallest absolute Gasteiger partial charge is 0.309 e. The van der Waals surface area contributed by atoms with Crippen molar-refractivity contribution in [2.24, 2.45) is 5.41 Å². The highest BCUT2D eigenvalue weighted by Crippen LogP contribution is 2.20. The van der Waals surface area contributed by atoms with E-state index >= 15 is 0 Å². The van der Waals surface area contributed by atoms with E-state index in [9.17, 15) is 9.18 Å². The lowest BCUT2D eigenvalue weighted by molar-refractivity contribution is -0.147. The van der Waals surface area contributed by atoms with Crippen molar-refractivity contribution in [2.45, 2.75) is 33.1 Å². The summed E-state index contributed by atoms with van der Waals surface area (Å²) in [6.07, 6.45) is 0.582. The molecule has 0 aliphatic heterocycles. The van der Waals surface area contributed by atoms with E-state index in [1.54, 1.807) is 26.0 Å². The first-order chi connectivity index (χ1) is 8.83. The van der Waals surface area contributed by atoms with Gasteiger partial charge in [-0.25, -0.2) is 4.39 Å². The maximum atomic E-state index is 12.8. The van der Waals surface area contributed by atoms with Gasteiger partial charge in [0, 0.05) is 6.54 Å². The molecule has 0 heterocycles. The van der Waals surface area contributed by atoms with Crippen LogP contribution in [0, 0.1) is 11.2 Å². The average molecular weight is 267 g/mol. The zero-order valence-electron chi connectivity index (χ0n) is 11.7. The summed E-state index contributed by atoms with van der Waals surface area (Å²) < 4.78 is 12.8. The van der Waals surface area contributed by atoms with Crippen LogP contribution >= 0.6 is 0 Å². The molecule has 1 aromatic carbocycles. The van der Waals surface area contributed by atoms with Gasteiger partial charge in [0.15, 0.2) is 0 Å². The average Bonchev–Trinajstić information content (AvgIpc) is 2.35. The Balaban J connectivity index is 2.33. The molecule has 3 nitrogen and oxygen atoms in total. The number of carbonyl (C=O) groups is 1. The number of halogens is 1. The Labute approximate surface area is 113 Å². The van der Waals surface area contributed by atoms with Gasteiger partial charge in [-0.05, 0) is 50.4 Å². The second-order valence-corrected chi connectivity index (χ2v) is 5.60. The van der Waals surface area contributed by atoms with Crippen LogP contribution in [0.4, 0.5) is 4.39 Å². The minimum absolute atomic E-state index is 0.230. The van der Waals surface area contributed by atoms with Crippen molar-refractivity contribution in [3.8, 4) is 0 Å². The summed E-state index contributed by atoms with van der Waals surface area (Å²) in [7, 11) is 0. The van der Waals surface area contributed by atoms with Crippen LogP contribution in [0.15, 0.2) is 24.3 Å². The van der Waals surface area contributed by atoms with Crippen LogP contribution in [0.1, 0.15) is 38.7 Å². The number of nitrogens with one attached hydrogen (secondary N) is 1. The zero-order chi connectivity index (χ0) is 14.5. The molecule has 0 spiro atoms. The standard InChI is InChI=1S/C15H22FNO2/c1-11(12-4-6-13(16)7-5-12)10-17-9-8-15(2,3)14(18)19/h4-7,11,17H,8-10H2,1-3H3,(H,18,19). The number of carboxylic acids is 1. The molecule has 1 atom stereocenters. The Morgan fingerprint density at radius 2 is 1.95 bits per heavy atom. The van der Waals surface area contributed by atoms with E-state index in [0.717, 1.165) is 12.1 Å². The first-order valence-corrected chi connectivity index (χ1v) is 6.52. The fourth-order valence-electron chi connectivity index (χ4n) is 1.74. The Morgan fingerprint density at radius 3 is 2.47 bits per heavy atom. The van der Waals surface area contributed by atoms with Crippen LogP contribution < -0.4 is 5.32 Å². The molecule has 0 amide bonds. The molecule has 2 N–H and O–H groups in total. The van der Waals surface area contributed by atoms with E-state index < -0.39 is 11.4 Å². The summed E-state index contributed by atoms with van der Waals surface area (Å²) in [6, 6.07) is 6.48. The summed E-state index contributed by atoms with van der Waals surface area (Å²) in [6.45, 7) is 6.91. The molecular weight excluding hydrogens is 245 g/mol. The van der Waals surface area contributed by atoms with E-state index in [-0.39, 0.29) is 11.7 Å². The Hall–Kier alpha value is -1.42. The highest BCUT2D eigenvalue weighted by molar-refractivity contribution is 5.73. The zero-order valence-corrected chi connectivity index (χ0v) is 11.7. The van der Waals surface area contributed by atoms with Gasteiger partial charge in [0.1, 0.15) is 5.82 Å². The van der Waals surface area contributed by atoms with Crippen LogP contribution in [0.25, 0.3) is 0 Å². The van der Waals surface area contributed by atoms with Gasteiger partial charge in [0.25, 0.3) is 0 Å². The summed E-state index contributed by atoms with van der Waals surface area (Å²) >= 11 is 0. The Morgan fingerprint density at radius 1 is 1.37 bits per heavy atom. The molecule has 106 valence electrons. The highest BCUT2D eigenvalue weighted by atomic mass is 19.1. The third-order valence-electron chi connectivity index (χ3n) is 3.40. The van der Waals surface area contributed by atoms with Gasteiger partial charge in [0.05, 0.1) is 5.41 Å². The third-order valence-corrected chi connectivity index (χ3v) is 3.40. The quantitative estimate of drug-likeness (QED) is 0.747. The monoisotopic (exact) mass is 267 g/mol. The molecule has 1 aromatic rings. The van der Waals surface area contributed by atoms with Crippen molar-refractivity contribution in [1.29, 1.82) is 0 Å². The van der Waals surface area contributed by atoms with Gasteiger partial charge in [-0.1, -0.05) is 19.1 Å². The maximum Gasteiger partial charge on any atom is 0.309 e. The lowest BCUT2D eigenvalue weighted by Crippen LogP contribution is -2.30. The Bertz CT molecular complexity index is 415. The number of hydrogen-bond donors (Lipinski definition) is 2. The van der Waals surface area contributed by atoms with Crippen LogP contribution in [-0.4, -0.2) is 24.2 Å². The number of benzene rings is 1. The maximum absolute atomic E-state index is 12.8. The number of rotatable bonds is 7. The van der Waals surface area contributed by atoms with E-state index in [1.807, 2.05) is 0 Å². The SMILES string of the molecule is CC(CNCCC(C)(C)C(=O)O)c1ccc(F)cc1. The van der Waals surface area contributed by atoms with Crippen molar-refractivity contribution in [2.75, 3.05) is 13.1 Å². The summed E-state index contributed by atoms with van der Waals surface area (Å²) in [4.78, 5) is 10.9. The summed E-state index contributed by atoms with van der Waals surface area (Å²) in [5, 5.41) is 12.2. The number of aliphatic carboxylic acids is 1. The molecule has 0 radical (unpaired) electrons. The molecule has 1 rings (SSSR count). The van der Waals surface area contributed by atoms with Crippen molar-refractivity contribution in [3.63, 3.8) is 0 Å². The van der Waals surface area contributed by atoms with Crippen molar-refractivity contribution >= 4 is 5.97 Å². The Kier molecular flexibility index (Phi) is 5.48. The minimum atomic E-state index is -0.777. The fraction of sp³-hybridized carbons (Fsp3) is 0.533. The lowest BCUT2D eigenvalue weighted by atomic mass is 9.89. The van der Waals surface area contributed by atoms with Crippen LogP contribution in [-0.2, 0) is 4.79 Å². The molecule has 0 saturated carbocycles. The second-order valence-electron chi connectivity index (χ2n) is 5.60. The van der Waals surface area contributed by atoms with E-state index in [0.29, 0.717) is 13.0 Å². The van der Waals surface area contributed by atoms with Gasteiger partial charge in [-0.3, -0.25) is 4.79 Å². The topological polar surface area (TPSA) is 49.3 Å². The van der Waals surface area contributed by atoms with Crippen LogP contribution in [0.2, 0.25) is 0 Å². The molecule has 0 saturated heterocycles. The molecule has 1 unspecified atom stereocenters. The molecule has 0 aromatic heterocycles. The van der Waals surface area contributed by atoms with Gasteiger partial charge in [0.2, 0.25) is 0 Å². The van der Waals surface area contributed by atoms with E-state index in [2.05, 4.69) is 12.2 Å². The van der Waals surface area contributed by atoms with Crippen LogP contribution in [0.3, 0.4) is 0 Å². The molecular formula is C15H22FNO2.